The van der Waals surface area contributed by atoms with Gasteiger partial charge in [-0.1, -0.05) is 54.1 Å². The maximum absolute atomic E-state index is 12.4. The topological polar surface area (TPSA) is 102 Å². The van der Waals surface area contributed by atoms with E-state index in [9.17, 15) is 20.1 Å². The number of phenolic OH excluding ortho intramolecular Hbond substituents is 2. The standard InChI is InChI=1S/C27H31ClN2O4/c1-27(2,30-17-25(33)21-12-22(31)14-23(32)13-21)15-19-7-5-6-18(10-19)11-26(34)29-16-20-8-3-4-9-24(20)28/h3-10,12-14,25,30-33H,11,15-17H2,1-2H3,(H,29,34). The third-order valence-electron chi connectivity index (χ3n) is 5.52. The number of hydrogen-bond donors (Lipinski definition) is 5. The normalized spacial score (nSPS) is 12.4. The fraction of sp³-hybridized carbons (Fsp3) is 0.296. The van der Waals surface area contributed by atoms with E-state index in [1.165, 1.54) is 18.2 Å². The molecule has 0 aliphatic rings. The van der Waals surface area contributed by atoms with Crippen molar-refractivity contribution in [1.29, 1.82) is 0 Å². The first-order valence-corrected chi connectivity index (χ1v) is 11.5. The van der Waals surface area contributed by atoms with Crippen LogP contribution in [0.4, 0.5) is 0 Å². The Morgan fingerprint density at radius 3 is 2.35 bits per heavy atom. The van der Waals surface area contributed by atoms with Crippen LogP contribution in [-0.4, -0.2) is 33.3 Å². The molecule has 0 fully saturated rings. The van der Waals surface area contributed by atoms with Crippen molar-refractivity contribution >= 4 is 17.5 Å². The van der Waals surface area contributed by atoms with Crippen molar-refractivity contribution in [3.05, 3.63) is 94.0 Å². The van der Waals surface area contributed by atoms with Crippen LogP contribution in [0.5, 0.6) is 11.5 Å². The summed E-state index contributed by atoms with van der Waals surface area (Å²) in [4.78, 5) is 12.4. The number of aliphatic hydroxyl groups is 1. The summed E-state index contributed by atoms with van der Waals surface area (Å²) >= 11 is 6.15. The molecule has 0 saturated heterocycles. The molecule has 180 valence electrons. The Labute approximate surface area is 205 Å². The molecule has 0 saturated carbocycles. The molecule has 0 heterocycles. The van der Waals surface area contributed by atoms with Gasteiger partial charge in [-0.3, -0.25) is 4.79 Å². The Morgan fingerprint density at radius 2 is 1.65 bits per heavy atom. The number of hydrogen-bond acceptors (Lipinski definition) is 5. The Hall–Kier alpha value is -3.06. The summed E-state index contributed by atoms with van der Waals surface area (Å²) in [6.45, 7) is 4.69. The third kappa shape index (κ3) is 7.76. The highest BCUT2D eigenvalue weighted by Crippen LogP contribution is 2.25. The van der Waals surface area contributed by atoms with Crippen molar-refractivity contribution in [3.8, 4) is 11.5 Å². The maximum atomic E-state index is 12.4. The van der Waals surface area contributed by atoms with E-state index in [2.05, 4.69) is 10.6 Å². The number of amides is 1. The summed E-state index contributed by atoms with van der Waals surface area (Å²) in [6.07, 6.45) is 0.0665. The van der Waals surface area contributed by atoms with E-state index in [0.717, 1.165) is 16.7 Å². The molecule has 5 N–H and O–H groups in total. The van der Waals surface area contributed by atoms with Crippen molar-refractivity contribution in [3.63, 3.8) is 0 Å². The Bertz CT molecular complexity index is 1110. The van der Waals surface area contributed by atoms with Gasteiger partial charge in [0.25, 0.3) is 0 Å². The second-order valence-corrected chi connectivity index (χ2v) is 9.51. The van der Waals surface area contributed by atoms with Crippen LogP contribution in [0.1, 0.15) is 42.2 Å². The summed E-state index contributed by atoms with van der Waals surface area (Å²) in [6, 6.07) is 19.4. The molecule has 0 spiro atoms. The highest BCUT2D eigenvalue weighted by atomic mass is 35.5. The zero-order chi connectivity index (χ0) is 24.7. The van der Waals surface area contributed by atoms with Crippen LogP contribution in [0.2, 0.25) is 5.02 Å². The molecular formula is C27H31ClN2O4. The van der Waals surface area contributed by atoms with Crippen LogP contribution < -0.4 is 10.6 Å². The second-order valence-electron chi connectivity index (χ2n) is 9.10. The predicted octanol–water partition coefficient (Wildman–Crippen LogP) is 4.25. The van der Waals surface area contributed by atoms with Crippen molar-refractivity contribution in [2.45, 2.75) is 44.9 Å². The first-order chi connectivity index (χ1) is 16.1. The third-order valence-corrected chi connectivity index (χ3v) is 5.89. The van der Waals surface area contributed by atoms with E-state index in [1.54, 1.807) is 6.07 Å². The molecule has 1 unspecified atom stereocenters. The molecule has 0 bridgehead atoms. The Balaban J connectivity index is 1.53. The van der Waals surface area contributed by atoms with Crippen molar-refractivity contribution in [1.82, 2.24) is 10.6 Å². The van der Waals surface area contributed by atoms with Gasteiger partial charge in [0.2, 0.25) is 5.91 Å². The van der Waals surface area contributed by atoms with E-state index < -0.39 is 6.10 Å². The van der Waals surface area contributed by atoms with Crippen molar-refractivity contribution < 1.29 is 20.1 Å². The van der Waals surface area contributed by atoms with E-state index in [4.69, 9.17) is 11.6 Å². The number of carbonyl (C=O) groups excluding carboxylic acids is 1. The SMILES string of the molecule is CC(C)(Cc1cccc(CC(=O)NCc2ccccc2Cl)c1)NCC(O)c1cc(O)cc(O)c1. The van der Waals surface area contributed by atoms with Gasteiger partial charge in [0.1, 0.15) is 11.5 Å². The second kappa shape index (κ2) is 11.4. The quantitative estimate of drug-likeness (QED) is 0.297. The molecular weight excluding hydrogens is 452 g/mol. The lowest BCUT2D eigenvalue weighted by molar-refractivity contribution is -0.120. The molecule has 0 aliphatic carbocycles. The lowest BCUT2D eigenvalue weighted by Crippen LogP contribution is -2.43. The first-order valence-electron chi connectivity index (χ1n) is 11.2. The molecule has 34 heavy (non-hydrogen) atoms. The van der Waals surface area contributed by atoms with E-state index in [0.29, 0.717) is 23.6 Å². The highest BCUT2D eigenvalue weighted by molar-refractivity contribution is 6.31. The number of rotatable bonds is 10. The predicted molar refractivity (Wildman–Crippen MR) is 134 cm³/mol. The molecule has 1 atom stereocenters. The van der Waals surface area contributed by atoms with Gasteiger partial charge in [-0.05, 0) is 60.7 Å². The molecule has 3 aromatic carbocycles. The van der Waals surface area contributed by atoms with Gasteiger partial charge in [-0.2, -0.15) is 0 Å². The molecule has 3 rings (SSSR count). The van der Waals surface area contributed by atoms with Gasteiger partial charge in [-0.15, -0.1) is 0 Å². The minimum Gasteiger partial charge on any atom is -0.508 e. The molecule has 1 amide bonds. The zero-order valence-electron chi connectivity index (χ0n) is 19.4. The maximum Gasteiger partial charge on any atom is 0.224 e. The first kappa shape index (κ1) is 25.6. The fourth-order valence-corrected chi connectivity index (χ4v) is 4.01. The summed E-state index contributed by atoms with van der Waals surface area (Å²) in [5.74, 6) is -0.269. The summed E-state index contributed by atoms with van der Waals surface area (Å²) < 4.78 is 0. The van der Waals surface area contributed by atoms with Gasteiger partial charge in [-0.25, -0.2) is 0 Å². The van der Waals surface area contributed by atoms with Crippen LogP contribution in [0.15, 0.2) is 66.7 Å². The average molecular weight is 483 g/mol. The van der Waals surface area contributed by atoms with Gasteiger partial charge in [0.05, 0.1) is 12.5 Å². The fourth-order valence-electron chi connectivity index (χ4n) is 3.81. The van der Waals surface area contributed by atoms with E-state index in [-0.39, 0.29) is 35.9 Å². The van der Waals surface area contributed by atoms with Crippen LogP contribution in [-0.2, 0) is 24.2 Å². The molecule has 0 radical (unpaired) electrons. The lowest BCUT2D eigenvalue weighted by Gasteiger charge is -2.28. The Kier molecular flexibility index (Phi) is 8.56. The van der Waals surface area contributed by atoms with Crippen LogP contribution >= 0.6 is 11.6 Å². The van der Waals surface area contributed by atoms with Crippen molar-refractivity contribution in [2.75, 3.05) is 6.54 Å². The number of halogens is 1. The molecule has 3 aromatic rings. The number of β-amino-alcohol motifs (C(OH)–C–C–N with tert-alkyl or cyclic N) is 1. The van der Waals surface area contributed by atoms with Gasteiger partial charge in [0.15, 0.2) is 0 Å². The minimum absolute atomic E-state index is 0.0769. The molecule has 0 aliphatic heterocycles. The van der Waals surface area contributed by atoms with Gasteiger partial charge >= 0.3 is 0 Å². The molecule has 7 heteroatoms. The Morgan fingerprint density at radius 1 is 0.971 bits per heavy atom. The number of nitrogens with one attached hydrogen (secondary N) is 2. The van der Waals surface area contributed by atoms with E-state index >= 15 is 0 Å². The van der Waals surface area contributed by atoms with Crippen LogP contribution in [0.25, 0.3) is 0 Å². The van der Waals surface area contributed by atoms with Gasteiger partial charge in [0, 0.05) is 29.7 Å². The van der Waals surface area contributed by atoms with Gasteiger partial charge < -0.3 is 26.0 Å². The average Bonchev–Trinajstić information content (AvgIpc) is 2.76. The summed E-state index contributed by atoms with van der Waals surface area (Å²) in [5.41, 5.74) is 2.96. The lowest BCUT2D eigenvalue weighted by atomic mass is 9.93. The number of carbonyl (C=O) groups is 1. The zero-order valence-corrected chi connectivity index (χ0v) is 20.1. The van der Waals surface area contributed by atoms with Crippen LogP contribution in [0, 0.1) is 0 Å². The largest absolute Gasteiger partial charge is 0.508 e. The van der Waals surface area contributed by atoms with E-state index in [1.807, 2.05) is 56.3 Å². The molecule has 6 nitrogen and oxygen atoms in total. The number of benzene rings is 3. The highest BCUT2D eigenvalue weighted by Gasteiger charge is 2.20. The number of aliphatic hydroxyl groups excluding tert-OH is 1. The summed E-state index contributed by atoms with van der Waals surface area (Å²) in [7, 11) is 0. The molecule has 0 aromatic heterocycles. The van der Waals surface area contributed by atoms with Crippen LogP contribution in [0.3, 0.4) is 0 Å². The number of phenols is 2. The number of aromatic hydroxyl groups is 2. The monoisotopic (exact) mass is 482 g/mol. The smallest absolute Gasteiger partial charge is 0.224 e. The summed E-state index contributed by atoms with van der Waals surface area (Å²) in [5, 5.41) is 36.6. The van der Waals surface area contributed by atoms with Crippen molar-refractivity contribution in [2.24, 2.45) is 0 Å². The minimum atomic E-state index is -0.884.